The minimum atomic E-state index is -0.439. The lowest BCUT2D eigenvalue weighted by Crippen LogP contribution is -2.41. The predicted molar refractivity (Wildman–Crippen MR) is 115 cm³/mol. The van der Waals surface area contributed by atoms with Crippen LogP contribution in [0.25, 0.3) is 0 Å². The highest BCUT2D eigenvalue weighted by molar-refractivity contribution is 6.00. The molecular formula is C23H27N3O4. The molecule has 0 N–H and O–H groups in total. The van der Waals surface area contributed by atoms with Crippen molar-refractivity contribution in [3.8, 4) is 0 Å². The SMILES string of the molecule is CC(C1CC1)N(Cc1ccccc1)C(=O)c1cc([N+](=O)[O-])ccc1N1CCOCC1. The summed E-state index contributed by atoms with van der Waals surface area (Å²) in [7, 11) is 0. The van der Waals surface area contributed by atoms with Crippen molar-refractivity contribution in [1.82, 2.24) is 4.90 Å². The fraction of sp³-hybridized carbons (Fsp3) is 0.435. The number of carbonyl (C=O) groups excluding carboxylic acids is 1. The Morgan fingerprint density at radius 1 is 1.20 bits per heavy atom. The van der Waals surface area contributed by atoms with Crippen LogP contribution in [0.15, 0.2) is 48.5 Å². The molecule has 7 nitrogen and oxygen atoms in total. The zero-order valence-electron chi connectivity index (χ0n) is 17.2. The minimum absolute atomic E-state index is 0.0610. The molecule has 2 aliphatic rings. The number of nitrogens with zero attached hydrogens (tertiary/aromatic N) is 3. The monoisotopic (exact) mass is 409 g/mol. The molecule has 30 heavy (non-hydrogen) atoms. The lowest BCUT2D eigenvalue weighted by molar-refractivity contribution is -0.384. The Kier molecular flexibility index (Phi) is 5.99. The molecule has 0 spiro atoms. The summed E-state index contributed by atoms with van der Waals surface area (Å²) < 4.78 is 5.44. The van der Waals surface area contributed by atoms with Gasteiger partial charge < -0.3 is 14.5 Å². The van der Waals surface area contributed by atoms with Crippen LogP contribution in [0, 0.1) is 16.0 Å². The first-order chi connectivity index (χ1) is 14.5. The predicted octanol–water partition coefficient (Wildman–Crippen LogP) is 3.87. The van der Waals surface area contributed by atoms with Crippen molar-refractivity contribution >= 4 is 17.3 Å². The number of benzene rings is 2. The number of hydrogen-bond acceptors (Lipinski definition) is 5. The minimum Gasteiger partial charge on any atom is -0.378 e. The Hall–Kier alpha value is -2.93. The molecule has 2 aromatic rings. The van der Waals surface area contributed by atoms with Gasteiger partial charge in [-0.25, -0.2) is 0 Å². The number of morpholine rings is 1. The number of nitro benzene ring substituents is 1. The largest absolute Gasteiger partial charge is 0.378 e. The first-order valence-corrected chi connectivity index (χ1v) is 10.5. The summed E-state index contributed by atoms with van der Waals surface area (Å²) in [6, 6.07) is 14.6. The number of anilines is 1. The molecule has 158 valence electrons. The van der Waals surface area contributed by atoms with Gasteiger partial charge in [-0.1, -0.05) is 30.3 Å². The molecule has 2 fully saturated rings. The molecule has 0 radical (unpaired) electrons. The van der Waals surface area contributed by atoms with E-state index >= 15 is 0 Å². The van der Waals surface area contributed by atoms with Gasteiger partial charge in [0.2, 0.25) is 0 Å². The summed E-state index contributed by atoms with van der Waals surface area (Å²) in [6.07, 6.45) is 2.23. The third-order valence-corrected chi connectivity index (χ3v) is 6.03. The fourth-order valence-electron chi connectivity index (χ4n) is 4.06. The lowest BCUT2D eigenvalue weighted by Gasteiger charge is -2.33. The molecule has 1 heterocycles. The number of carbonyl (C=O) groups is 1. The second-order valence-electron chi connectivity index (χ2n) is 8.05. The maximum Gasteiger partial charge on any atom is 0.270 e. The normalized spacial score (nSPS) is 17.4. The topological polar surface area (TPSA) is 75.9 Å². The van der Waals surface area contributed by atoms with E-state index in [4.69, 9.17) is 4.74 Å². The van der Waals surface area contributed by atoms with Gasteiger partial charge in [0.05, 0.1) is 29.4 Å². The molecule has 4 rings (SSSR count). The molecule has 1 saturated carbocycles. The Labute approximate surface area is 176 Å². The van der Waals surface area contributed by atoms with Crippen molar-refractivity contribution in [2.45, 2.75) is 32.4 Å². The van der Waals surface area contributed by atoms with Gasteiger partial charge >= 0.3 is 0 Å². The summed E-state index contributed by atoms with van der Waals surface area (Å²) >= 11 is 0. The van der Waals surface area contributed by atoms with Crippen LogP contribution >= 0.6 is 0 Å². The zero-order chi connectivity index (χ0) is 21.1. The molecule has 1 unspecified atom stereocenters. The molecule has 1 atom stereocenters. The third-order valence-electron chi connectivity index (χ3n) is 6.03. The molecule has 7 heteroatoms. The number of rotatable bonds is 7. The Morgan fingerprint density at radius 3 is 2.53 bits per heavy atom. The molecule has 2 aromatic carbocycles. The quantitative estimate of drug-likeness (QED) is 0.513. The number of hydrogen-bond donors (Lipinski definition) is 0. The number of ether oxygens (including phenoxy) is 1. The van der Waals surface area contributed by atoms with Crippen LogP contribution in [0.2, 0.25) is 0 Å². The third kappa shape index (κ3) is 4.46. The van der Waals surface area contributed by atoms with Gasteiger partial charge in [0, 0.05) is 37.8 Å². The number of non-ortho nitro benzene ring substituents is 1. The van der Waals surface area contributed by atoms with E-state index in [2.05, 4.69) is 11.8 Å². The lowest BCUT2D eigenvalue weighted by atomic mass is 10.0. The van der Waals surface area contributed by atoms with Crippen molar-refractivity contribution in [2.24, 2.45) is 5.92 Å². The van der Waals surface area contributed by atoms with Gasteiger partial charge in [-0.3, -0.25) is 14.9 Å². The summed E-state index contributed by atoms with van der Waals surface area (Å²) in [5.74, 6) is 0.339. The average Bonchev–Trinajstić information content (AvgIpc) is 3.63. The standard InChI is InChI=1S/C23H27N3O4/c1-17(19-7-8-19)25(16-18-5-3-2-4-6-18)23(27)21-15-20(26(28)29)9-10-22(21)24-11-13-30-14-12-24/h2-6,9-10,15,17,19H,7-8,11-14,16H2,1H3. The van der Waals surface area contributed by atoms with Crippen LogP contribution in [0.1, 0.15) is 35.7 Å². The van der Waals surface area contributed by atoms with E-state index in [1.54, 1.807) is 6.07 Å². The van der Waals surface area contributed by atoms with Crippen LogP contribution < -0.4 is 4.90 Å². The molecule has 1 aliphatic carbocycles. The van der Waals surface area contributed by atoms with E-state index in [9.17, 15) is 14.9 Å². The molecule has 1 amide bonds. The van der Waals surface area contributed by atoms with Crippen LogP contribution in [0.3, 0.4) is 0 Å². The zero-order valence-corrected chi connectivity index (χ0v) is 17.2. The maximum atomic E-state index is 13.8. The average molecular weight is 409 g/mol. The van der Waals surface area contributed by atoms with Gasteiger partial charge in [-0.2, -0.15) is 0 Å². The Morgan fingerprint density at radius 2 is 1.90 bits per heavy atom. The van der Waals surface area contributed by atoms with Gasteiger partial charge in [0.1, 0.15) is 0 Å². The van der Waals surface area contributed by atoms with Crippen LogP contribution in [0.5, 0.6) is 0 Å². The smallest absolute Gasteiger partial charge is 0.270 e. The van der Waals surface area contributed by atoms with E-state index in [-0.39, 0.29) is 17.6 Å². The van der Waals surface area contributed by atoms with Crippen molar-refractivity contribution in [1.29, 1.82) is 0 Å². The van der Waals surface area contributed by atoms with E-state index in [0.29, 0.717) is 44.3 Å². The fourth-order valence-corrected chi connectivity index (χ4v) is 4.06. The Bertz CT molecular complexity index is 908. The maximum absolute atomic E-state index is 13.8. The van der Waals surface area contributed by atoms with Crippen molar-refractivity contribution in [3.63, 3.8) is 0 Å². The van der Waals surface area contributed by atoms with Crippen LogP contribution in [0.4, 0.5) is 11.4 Å². The van der Waals surface area contributed by atoms with E-state index in [1.165, 1.54) is 12.1 Å². The highest BCUT2D eigenvalue weighted by Gasteiger charge is 2.36. The van der Waals surface area contributed by atoms with Gasteiger partial charge in [0.25, 0.3) is 11.6 Å². The highest BCUT2D eigenvalue weighted by Crippen LogP contribution is 2.37. The van der Waals surface area contributed by atoms with Crippen molar-refractivity contribution in [3.05, 3.63) is 69.8 Å². The first kappa shape index (κ1) is 20.3. The highest BCUT2D eigenvalue weighted by atomic mass is 16.6. The first-order valence-electron chi connectivity index (χ1n) is 10.5. The summed E-state index contributed by atoms with van der Waals surface area (Å²) in [4.78, 5) is 28.8. The van der Waals surface area contributed by atoms with Gasteiger partial charge in [-0.05, 0) is 37.3 Å². The summed E-state index contributed by atoms with van der Waals surface area (Å²) in [5.41, 5.74) is 2.13. The van der Waals surface area contributed by atoms with Crippen LogP contribution in [-0.4, -0.2) is 48.1 Å². The number of amides is 1. The second-order valence-corrected chi connectivity index (χ2v) is 8.05. The Balaban J connectivity index is 1.71. The van der Waals surface area contributed by atoms with Crippen LogP contribution in [-0.2, 0) is 11.3 Å². The van der Waals surface area contributed by atoms with Crippen molar-refractivity contribution < 1.29 is 14.5 Å². The number of nitro groups is 1. The van der Waals surface area contributed by atoms with E-state index in [0.717, 1.165) is 24.1 Å². The van der Waals surface area contributed by atoms with Crippen molar-refractivity contribution in [2.75, 3.05) is 31.2 Å². The molecule has 1 saturated heterocycles. The van der Waals surface area contributed by atoms with E-state index in [1.807, 2.05) is 35.2 Å². The molecular weight excluding hydrogens is 382 g/mol. The molecule has 0 aromatic heterocycles. The van der Waals surface area contributed by atoms with E-state index < -0.39 is 4.92 Å². The van der Waals surface area contributed by atoms with Gasteiger partial charge in [-0.15, -0.1) is 0 Å². The summed E-state index contributed by atoms with van der Waals surface area (Å²) in [6.45, 7) is 5.06. The second kappa shape index (κ2) is 8.83. The molecule has 1 aliphatic heterocycles. The summed E-state index contributed by atoms with van der Waals surface area (Å²) in [5, 5.41) is 11.4. The van der Waals surface area contributed by atoms with Gasteiger partial charge in [0.15, 0.2) is 0 Å². The molecule has 0 bridgehead atoms.